The monoisotopic (exact) mass is 285 g/mol. The largest absolute Gasteiger partial charge is 0.393 e. The summed E-state index contributed by atoms with van der Waals surface area (Å²) in [5.41, 5.74) is 1.20. The van der Waals surface area contributed by atoms with Crippen LogP contribution in [-0.2, 0) is 0 Å². The number of nitrogens with zero attached hydrogens (tertiary/aromatic N) is 1. The van der Waals surface area contributed by atoms with E-state index >= 15 is 0 Å². The van der Waals surface area contributed by atoms with E-state index in [2.05, 4.69) is 4.98 Å². The smallest absolute Gasteiger partial charge is 0.135 e. The number of halogens is 2. The molecular weight excluding hydrogens is 273 g/mol. The van der Waals surface area contributed by atoms with Crippen LogP contribution >= 0.6 is 23.2 Å². The zero-order valence-corrected chi connectivity index (χ0v) is 11.3. The molecule has 0 aliphatic heterocycles. The summed E-state index contributed by atoms with van der Waals surface area (Å²) in [5, 5.41) is 20.9. The van der Waals surface area contributed by atoms with Gasteiger partial charge in [-0.3, -0.25) is 0 Å². The third kappa shape index (κ3) is 2.93. The van der Waals surface area contributed by atoms with Gasteiger partial charge in [0.1, 0.15) is 5.15 Å². The molecule has 0 unspecified atom stereocenters. The van der Waals surface area contributed by atoms with Gasteiger partial charge < -0.3 is 10.2 Å². The van der Waals surface area contributed by atoms with Gasteiger partial charge in [0.15, 0.2) is 0 Å². The molecule has 0 saturated carbocycles. The number of aromatic nitrogens is 1. The first-order valence-electron chi connectivity index (χ1n) is 5.59. The molecular formula is C13H13Cl2NO2. The molecule has 18 heavy (non-hydrogen) atoms. The maximum Gasteiger partial charge on any atom is 0.135 e. The van der Waals surface area contributed by atoms with Gasteiger partial charge in [-0.1, -0.05) is 29.3 Å². The number of hydrogen-bond donors (Lipinski definition) is 2. The van der Waals surface area contributed by atoms with Crippen LogP contribution in [0, 0.1) is 0 Å². The van der Waals surface area contributed by atoms with Gasteiger partial charge in [0.05, 0.1) is 17.7 Å². The number of aliphatic hydroxyl groups excluding tert-OH is 2. The van der Waals surface area contributed by atoms with Crippen molar-refractivity contribution < 1.29 is 10.2 Å². The molecule has 0 aliphatic carbocycles. The van der Waals surface area contributed by atoms with Crippen molar-refractivity contribution in [3.63, 3.8) is 0 Å². The minimum Gasteiger partial charge on any atom is -0.393 e. The lowest BCUT2D eigenvalue weighted by Crippen LogP contribution is -2.09. The second-order valence-electron chi connectivity index (χ2n) is 4.31. The summed E-state index contributed by atoms with van der Waals surface area (Å²) in [6.07, 6.45) is -1.21. The number of pyridine rings is 1. The molecule has 2 aromatic rings. The van der Waals surface area contributed by atoms with Crippen molar-refractivity contribution >= 4 is 34.1 Å². The van der Waals surface area contributed by atoms with Gasteiger partial charge in [-0.25, -0.2) is 4.98 Å². The maximum absolute atomic E-state index is 9.98. The summed E-state index contributed by atoms with van der Waals surface area (Å²) in [4.78, 5) is 4.20. The third-order valence-electron chi connectivity index (χ3n) is 2.68. The number of hydrogen-bond acceptors (Lipinski definition) is 3. The van der Waals surface area contributed by atoms with Crippen LogP contribution in [0.15, 0.2) is 24.3 Å². The highest BCUT2D eigenvalue weighted by molar-refractivity contribution is 6.32. The average Bonchev–Trinajstić information content (AvgIpc) is 2.26. The Balaban J connectivity index is 2.46. The zero-order valence-electron chi connectivity index (χ0n) is 9.77. The Kier molecular flexibility index (Phi) is 4.07. The fourth-order valence-corrected chi connectivity index (χ4v) is 2.25. The number of rotatable bonds is 3. The topological polar surface area (TPSA) is 53.4 Å². The van der Waals surface area contributed by atoms with Crippen molar-refractivity contribution in [2.45, 2.75) is 25.6 Å². The third-order valence-corrected chi connectivity index (χ3v) is 3.22. The van der Waals surface area contributed by atoms with Gasteiger partial charge in [-0.05, 0) is 25.1 Å². The number of benzene rings is 1. The van der Waals surface area contributed by atoms with Crippen LogP contribution in [0.4, 0.5) is 0 Å². The standard InChI is InChI=1S/C13H13Cl2NO2/c1-7(17)4-12(18)10-5-8-2-3-9(14)6-11(8)16-13(10)15/h2-3,5-7,12,17-18H,4H2,1H3/t7-,12+/m1/s1. The van der Waals surface area contributed by atoms with Crippen molar-refractivity contribution in [1.29, 1.82) is 0 Å². The van der Waals surface area contributed by atoms with Crippen LogP contribution in [-0.4, -0.2) is 21.3 Å². The lowest BCUT2D eigenvalue weighted by Gasteiger charge is -2.14. The SMILES string of the molecule is C[C@@H](O)C[C@H](O)c1cc2ccc(Cl)cc2nc1Cl. The van der Waals surface area contributed by atoms with Crippen molar-refractivity contribution in [2.75, 3.05) is 0 Å². The first kappa shape index (κ1) is 13.6. The Hall–Kier alpha value is -0.870. The summed E-state index contributed by atoms with van der Waals surface area (Å²) in [5.74, 6) is 0. The van der Waals surface area contributed by atoms with Crippen molar-refractivity contribution in [3.8, 4) is 0 Å². The molecule has 96 valence electrons. The molecule has 0 amide bonds. The summed E-state index contributed by atoms with van der Waals surface area (Å²) in [7, 11) is 0. The van der Waals surface area contributed by atoms with E-state index in [-0.39, 0.29) is 11.6 Å². The first-order chi connectivity index (χ1) is 8.47. The first-order valence-corrected chi connectivity index (χ1v) is 6.35. The molecule has 0 spiro atoms. The van der Waals surface area contributed by atoms with E-state index in [9.17, 15) is 10.2 Å². The van der Waals surface area contributed by atoms with E-state index < -0.39 is 12.2 Å². The minimum absolute atomic E-state index is 0.223. The van der Waals surface area contributed by atoms with E-state index in [1.807, 2.05) is 6.07 Å². The highest BCUT2D eigenvalue weighted by Gasteiger charge is 2.16. The Morgan fingerprint density at radius 2 is 1.94 bits per heavy atom. The fourth-order valence-electron chi connectivity index (χ4n) is 1.82. The maximum atomic E-state index is 9.98. The molecule has 1 aromatic carbocycles. The van der Waals surface area contributed by atoms with E-state index in [0.717, 1.165) is 5.39 Å². The second kappa shape index (κ2) is 5.41. The summed E-state index contributed by atoms with van der Waals surface area (Å²) in [6, 6.07) is 7.06. The molecule has 5 heteroatoms. The zero-order chi connectivity index (χ0) is 13.3. The summed E-state index contributed by atoms with van der Waals surface area (Å²) in [6.45, 7) is 1.62. The van der Waals surface area contributed by atoms with E-state index in [1.165, 1.54) is 0 Å². The predicted molar refractivity (Wildman–Crippen MR) is 73.0 cm³/mol. The highest BCUT2D eigenvalue weighted by Crippen LogP contribution is 2.29. The van der Waals surface area contributed by atoms with Gasteiger partial charge in [0, 0.05) is 22.4 Å². The molecule has 1 aromatic heterocycles. The Bertz CT molecular complexity index is 572. The van der Waals surface area contributed by atoms with Crippen LogP contribution in [0.2, 0.25) is 10.2 Å². The second-order valence-corrected chi connectivity index (χ2v) is 5.10. The average molecular weight is 286 g/mol. The van der Waals surface area contributed by atoms with Crippen LogP contribution in [0.5, 0.6) is 0 Å². The van der Waals surface area contributed by atoms with Gasteiger partial charge in [-0.2, -0.15) is 0 Å². The van der Waals surface area contributed by atoms with Crippen LogP contribution in [0.3, 0.4) is 0 Å². The minimum atomic E-state index is -0.829. The van der Waals surface area contributed by atoms with Crippen LogP contribution < -0.4 is 0 Å². The van der Waals surface area contributed by atoms with Gasteiger partial charge in [0.25, 0.3) is 0 Å². The van der Waals surface area contributed by atoms with Crippen molar-refractivity contribution in [2.24, 2.45) is 0 Å². The van der Waals surface area contributed by atoms with E-state index in [0.29, 0.717) is 16.1 Å². The lowest BCUT2D eigenvalue weighted by molar-refractivity contribution is 0.0907. The molecule has 0 aliphatic rings. The van der Waals surface area contributed by atoms with Gasteiger partial charge >= 0.3 is 0 Å². The van der Waals surface area contributed by atoms with E-state index in [4.69, 9.17) is 23.2 Å². The van der Waals surface area contributed by atoms with Gasteiger partial charge in [-0.15, -0.1) is 0 Å². The Morgan fingerprint density at radius 3 is 2.61 bits per heavy atom. The molecule has 0 saturated heterocycles. The van der Waals surface area contributed by atoms with Gasteiger partial charge in [0.2, 0.25) is 0 Å². The summed E-state index contributed by atoms with van der Waals surface area (Å²) < 4.78 is 0. The van der Waals surface area contributed by atoms with E-state index in [1.54, 1.807) is 25.1 Å². The highest BCUT2D eigenvalue weighted by atomic mass is 35.5. The summed E-state index contributed by atoms with van der Waals surface area (Å²) >= 11 is 11.9. The molecule has 2 rings (SSSR count). The molecule has 3 nitrogen and oxygen atoms in total. The fraction of sp³-hybridized carbons (Fsp3) is 0.308. The van der Waals surface area contributed by atoms with Crippen molar-refractivity contribution in [3.05, 3.63) is 40.0 Å². The lowest BCUT2D eigenvalue weighted by atomic mass is 10.0. The van der Waals surface area contributed by atoms with Crippen molar-refractivity contribution in [1.82, 2.24) is 4.98 Å². The molecule has 2 N–H and O–H groups in total. The molecule has 0 bridgehead atoms. The molecule has 0 fully saturated rings. The van der Waals surface area contributed by atoms with Crippen LogP contribution in [0.25, 0.3) is 10.9 Å². The molecule has 2 atom stereocenters. The quantitative estimate of drug-likeness (QED) is 0.851. The normalized spacial score (nSPS) is 14.7. The number of fused-ring (bicyclic) bond motifs is 1. The molecule has 0 radical (unpaired) electrons. The Labute approximate surface area is 115 Å². The predicted octanol–water partition coefficient (Wildman–Crippen LogP) is 3.35. The Morgan fingerprint density at radius 1 is 1.22 bits per heavy atom. The number of aliphatic hydroxyl groups is 2. The molecule has 1 heterocycles. The van der Waals surface area contributed by atoms with Crippen LogP contribution in [0.1, 0.15) is 25.0 Å².